The van der Waals surface area contributed by atoms with Crippen molar-refractivity contribution >= 4 is 0 Å². The van der Waals surface area contributed by atoms with E-state index in [0.29, 0.717) is 12.2 Å². The van der Waals surface area contributed by atoms with E-state index in [1.165, 1.54) is 19.2 Å². The third-order valence-corrected chi connectivity index (χ3v) is 3.53. The number of hydrogen-bond acceptors (Lipinski definition) is 3. The van der Waals surface area contributed by atoms with Gasteiger partial charge in [-0.05, 0) is 12.5 Å². The van der Waals surface area contributed by atoms with Crippen molar-refractivity contribution < 1.29 is 13.5 Å². The van der Waals surface area contributed by atoms with Crippen molar-refractivity contribution in [1.29, 1.82) is 0 Å². The summed E-state index contributed by atoms with van der Waals surface area (Å²) in [5, 5.41) is 3.27. The lowest BCUT2D eigenvalue weighted by molar-refractivity contribution is 0.155. The van der Waals surface area contributed by atoms with Crippen LogP contribution in [0.15, 0.2) is 18.2 Å². The smallest absolute Gasteiger partial charge is 0.126 e. The van der Waals surface area contributed by atoms with Crippen LogP contribution in [0.3, 0.4) is 0 Å². The van der Waals surface area contributed by atoms with Gasteiger partial charge in [0.25, 0.3) is 0 Å². The molecule has 1 aliphatic heterocycles. The van der Waals surface area contributed by atoms with Crippen LogP contribution in [0, 0.1) is 5.82 Å². The van der Waals surface area contributed by atoms with Crippen molar-refractivity contribution in [3.63, 3.8) is 0 Å². The minimum Gasteiger partial charge on any atom is -0.496 e. The molecule has 0 aromatic heterocycles. The predicted octanol–water partition coefficient (Wildman–Crippen LogP) is 2.14. The largest absolute Gasteiger partial charge is 0.496 e. The zero-order valence-corrected chi connectivity index (χ0v) is 11.2. The number of benzene rings is 1. The molecule has 1 atom stereocenters. The van der Waals surface area contributed by atoms with Crippen LogP contribution in [0.5, 0.6) is 5.75 Å². The summed E-state index contributed by atoms with van der Waals surface area (Å²) >= 11 is 0. The molecule has 0 aliphatic carbocycles. The van der Waals surface area contributed by atoms with E-state index in [-0.39, 0.29) is 11.9 Å². The second kappa shape index (κ2) is 6.82. The Bertz CT molecular complexity index is 408. The number of alkyl halides is 1. The van der Waals surface area contributed by atoms with E-state index in [0.717, 1.165) is 31.7 Å². The quantitative estimate of drug-likeness (QED) is 0.887. The molecular formula is C14H20F2N2O. The Morgan fingerprint density at radius 1 is 1.37 bits per heavy atom. The lowest BCUT2D eigenvalue weighted by atomic mass is 10.0. The third-order valence-electron chi connectivity index (χ3n) is 3.53. The summed E-state index contributed by atoms with van der Waals surface area (Å²) in [7, 11) is 1.52. The van der Waals surface area contributed by atoms with Gasteiger partial charge in [-0.25, -0.2) is 4.39 Å². The number of hydrogen-bond donors (Lipinski definition) is 1. The highest BCUT2D eigenvalue weighted by atomic mass is 19.1. The third kappa shape index (κ3) is 3.42. The molecule has 19 heavy (non-hydrogen) atoms. The molecule has 0 unspecified atom stereocenters. The van der Waals surface area contributed by atoms with Gasteiger partial charge in [0.2, 0.25) is 0 Å². The highest BCUT2D eigenvalue weighted by Gasteiger charge is 2.24. The van der Waals surface area contributed by atoms with E-state index >= 15 is 0 Å². The molecule has 5 heteroatoms. The van der Waals surface area contributed by atoms with Crippen LogP contribution in [0.25, 0.3) is 0 Å². The van der Waals surface area contributed by atoms with Crippen molar-refractivity contribution in [2.45, 2.75) is 12.5 Å². The Balaban J connectivity index is 2.26. The second-order valence-electron chi connectivity index (χ2n) is 4.67. The summed E-state index contributed by atoms with van der Waals surface area (Å²) in [6, 6.07) is 4.42. The molecule has 3 nitrogen and oxygen atoms in total. The highest BCUT2D eigenvalue weighted by molar-refractivity contribution is 5.36. The monoisotopic (exact) mass is 270 g/mol. The summed E-state index contributed by atoms with van der Waals surface area (Å²) in [5.41, 5.74) is 0.864. The van der Waals surface area contributed by atoms with E-state index in [9.17, 15) is 8.78 Å². The molecule has 1 aromatic rings. The molecule has 0 spiro atoms. The van der Waals surface area contributed by atoms with Crippen LogP contribution in [0.1, 0.15) is 18.0 Å². The van der Waals surface area contributed by atoms with Gasteiger partial charge in [0.15, 0.2) is 0 Å². The summed E-state index contributed by atoms with van der Waals surface area (Å²) in [5.74, 6) is 0.164. The maximum atomic E-state index is 13.2. The topological polar surface area (TPSA) is 24.5 Å². The second-order valence-corrected chi connectivity index (χ2v) is 4.67. The van der Waals surface area contributed by atoms with Gasteiger partial charge >= 0.3 is 0 Å². The van der Waals surface area contributed by atoms with E-state index in [4.69, 9.17) is 4.74 Å². The first-order valence-electron chi connectivity index (χ1n) is 6.60. The Morgan fingerprint density at radius 3 is 2.74 bits per heavy atom. The minimum atomic E-state index is -0.394. The molecule has 0 radical (unpaired) electrons. The Kier molecular flexibility index (Phi) is 5.10. The van der Waals surface area contributed by atoms with E-state index in [2.05, 4.69) is 10.2 Å². The zero-order chi connectivity index (χ0) is 13.7. The van der Waals surface area contributed by atoms with E-state index in [1.54, 1.807) is 6.07 Å². The average molecular weight is 270 g/mol. The number of rotatable bonds is 5. The molecular weight excluding hydrogens is 250 g/mol. The van der Waals surface area contributed by atoms with Gasteiger partial charge in [-0.2, -0.15) is 0 Å². The van der Waals surface area contributed by atoms with Crippen molar-refractivity contribution in [3.8, 4) is 5.75 Å². The van der Waals surface area contributed by atoms with E-state index in [1.807, 2.05) is 0 Å². The minimum absolute atomic E-state index is 0.0531. The predicted molar refractivity (Wildman–Crippen MR) is 70.7 cm³/mol. The average Bonchev–Trinajstić information content (AvgIpc) is 2.46. The van der Waals surface area contributed by atoms with Gasteiger partial charge in [-0.1, -0.05) is 6.07 Å². The lowest BCUT2D eigenvalue weighted by Gasteiger charge is -2.35. The van der Waals surface area contributed by atoms with Crippen LogP contribution in [0.2, 0.25) is 0 Å². The first-order valence-corrected chi connectivity index (χ1v) is 6.60. The number of methoxy groups -OCH3 is 1. The molecule has 1 aliphatic rings. The van der Waals surface area contributed by atoms with Gasteiger partial charge in [0.1, 0.15) is 11.6 Å². The van der Waals surface area contributed by atoms with Crippen LogP contribution >= 0.6 is 0 Å². The summed E-state index contributed by atoms with van der Waals surface area (Å²) in [6.07, 6.45) is 0.405. The van der Waals surface area contributed by atoms with Gasteiger partial charge in [-0.15, -0.1) is 0 Å². The molecule has 1 saturated heterocycles. The molecule has 1 fully saturated rings. The molecule has 1 heterocycles. The van der Waals surface area contributed by atoms with Crippen LogP contribution in [-0.2, 0) is 0 Å². The number of nitrogens with zero attached hydrogens (tertiary/aromatic N) is 1. The van der Waals surface area contributed by atoms with Crippen LogP contribution < -0.4 is 10.1 Å². The highest BCUT2D eigenvalue weighted by Crippen LogP contribution is 2.32. The van der Waals surface area contributed by atoms with Gasteiger partial charge < -0.3 is 10.1 Å². The van der Waals surface area contributed by atoms with Crippen LogP contribution in [0.4, 0.5) is 8.78 Å². The normalized spacial score (nSPS) is 18.3. The lowest BCUT2D eigenvalue weighted by Crippen LogP contribution is -2.45. The fourth-order valence-corrected chi connectivity index (χ4v) is 2.59. The first kappa shape index (κ1) is 14.2. The molecule has 0 amide bonds. The zero-order valence-electron chi connectivity index (χ0n) is 11.2. The fourth-order valence-electron chi connectivity index (χ4n) is 2.59. The standard InChI is InChI=1S/C14H20F2N2O/c1-19-14-10-11(16)2-3-12(14)13(4-5-15)18-8-6-17-7-9-18/h2-3,10,13,17H,4-9H2,1H3/t13-/m1/s1. The molecule has 1 N–H and O–H groups in total. The summed E-state index contributed by atoms with van der Waals surface area (Å²) in [4.78, 5) is 2.23. The summed E-state index contributed by atoms with van der Waals surface area (Å²) < 4.78 is 31.3. The van der Waals surface area contributed by atoms with Gasteiger partial charge in [0, 0.05) is 43.9 Å². The molecule has 106 valence electrons. The van der Waals surface area contributed by atoms with Gasteiger partial charge in [-0.3, -0.25) is 9.29 Å². The molecule has 0 saturated carbocycles. The first-order chi connectivity index (χ1) is 9.26. The molecule has 2 rings (SSSR count). The maximum Gasteiger partial charge on any atom is 0.126 e. The van der Waals surface area contributed by atoms with E-state index < -0.39 is 6.67 Å². The van der Waals surface area contributed by atoms with Gasteiger partial charge in [0.05, 0.1) is 13.8 Å². The molecule has 0 bridgehead atoms. The van der Waals surface area contributed by atoms with Crippen molar-refractivity contribution in [3.05, 3.63) is 29.6 Å². The Labute approximate surface area is 112 Å². The fraction of sp³-hybridized carbons (Fsp3) is 0.571. The Hall–Kier alpha value is -1.20. The number of piperazine rings is 1. The van der Waals surface area contributed by atoms with Crippen LogP contribution in [-0.4, -0.2) is 44.9 Å². The SMILES string of the molecule is COc1cc(F)ccc1[C@@H](CCF)N1CCNCC1. The Morgan fingerprint density at radius 2 is 2.11 bits per heavy atom. The van der Waals surface area contributed by atoms with Crippen molar-refractivity contribution in [2.24, 2.45) is 0 Å². The number of ether oxygens (including phenoxy) is 1. The number of nitrogens with one attached hydrogen (secondary N) is 1. The molecule has 1 aromatic carbocycles. The van der Waals surface area contributed by atoms with Crippen molar-refractivity contribution in [1.82, 2.24) is 10.2 Å². The van der Waals surface area contributed by atoms with Crippen molar-refractivity contribution in [2.75, 3.05) is 40.0 Å². The number of halogens is 2. The summed E-state index contributed by atoms with van der Waals surface area (Å²) in [6.45, 7) is 3.13. The maximum absolute atomic E-state index is 13.2.